The van der Waals surface area contributed by atoms with Crippen molar-refractivity contribution < 1.29 is 18.4 Å². The quantitative estimate of drug-likeness (QED) is 0.292. The largest absolute Gasteiger partial charge is 0.347 e. The predicted molar refractivity (Wildman–Crippen MR) is 134 cm³/mol. The maximum absolute atomic E-state index is 13.4. The first-order valence-electron chi connectivity index (χ1n) is 10.6. The molecule has 35 heavy (non-hydrogen) atoms. The number of hydrogen-bond donors (Lipinski definition) is 1. The van der Waals surface area contributed by atoms with Crippen molar-refractivity contribution in [3.8, 4) is 0 Å². The fourth-order valence-corrected chi connectivity index (χ4v) is 4.58. The van der Waals surface area contributed by atoms with Gasteiger partial charge in [-0.05, 0) is 63.5 Å². The van der Waals surface area contributed by atoms with Gasteiger partial charge in [0.25, 0.3) is 11.8 Å². The van der Waals surface area contributed by atoms with Crippen LogP contribution < -0.4 is 5.32 Å². The zero-order chi connectivity index (χ0) is 24.8. The Kier molecular flexibility index (Phi) is 7.99. The second kappa shape index (κ2) is 11.3. The van der Waals surface area contributed by atoms with Crippen LogP contribution in [0.3, 0.4) is 0 Å². The first kappa shape index (κ1) is 24.7. The summed E-state index contributed by atoms with van der Waals surface area (Å²) in [4.78, 5) is 31.9. The summed E-state index contributed by atoms with van der Waals surface area (Å²) in [7, 11) is 0. The van der Waals surface area contributed by atoms with Crippen LogP contribution in [0.15, 0.2) is 82.6 Å². The molecule has 0 saturated carbocycles. The van der Waals surface area contributed by atoms with Gasteiger partial charge in [0.15, 0.2) is 0 Å². The average Bonchev–Trinajstić information content (AvgIpc) is 3.33. The molecule has 1 heterocycles. The summed E-state index contributed by atoms with van der Waals surface area (Å²) in [6, 6.07) is 18.9. The molecule has 0 radical (unpaired) electrons. The highest BCUT2D eigenvalue weighted by atomic mass is 79.9. The lowest BCUT2D eigenvalue weighted by Gasteiger charge is -2.22. The summed E-state index contributed by atoms with van der Waals surface area (Å²) in [5, 5.41) is 4.98. The van der Waals surface area contributed by atoms with E-state index in [1.54, 1.807) is 52.7 Å². The van der Waals surface area contributed by atoms with Gasteiger partial charge in [-0.25, -0.2) is 13.8 Å². The monoisotopic (exact) mass is 555 g/mol. The minimum Gasteiger partial charge on any atom is -0.347 e. The molecule has 178 valence electrons. The molecule has 0 aliphatic heterocycles. The third-order valence-electron chi connectivity index (χ3n) is 5.16. The van der Waals surface area contributed by atoms with E-state index in [2.05, 4.69) is 26.2 Å². The SMILES string of the molecule is O=C(NCc1ccc(F)cc1)c1csc(CN(Cc2ccc(F)cc2)C(=O)c2ccccc2Br)n1. The molecular weight excluding hydrogens is 536 g/mol. The Morgan fingerprint density at radius 1 is 0.886 bits per heavy atom. The van der Waals surface area contributed by atoms with E-state index >= 15 is 0 Å². The van der Waals surface area contributed by atoms with Crippen LogP contribution in [0.2, 0.25) is 0 Å². The van der Waals surface area contributed by atoms with Crippen LogP contribution in [-0.4, -0.2) is 21.7 Å². The number of amides is 2. The standard InChI is InChI=1S/C26H20BrF2N3O2S/c27-22-4-2-1-3-21(22)26(34)32(14-18-7-11-20(29)12-8-18)15-24-31-23(16-35-24)25(33)30-13-17-5-9-19(28)10-6-17/h1-12,16H,13-15H2,(H,30,33). The van der Waals surface area contributed by atoms with Crippen molar-refractivity contribution in [1.82, 2.24) is 15.2 Å². The minimum atomic E-state index is -0.362. The lowest BCUT2D eigenvalue weighted by Crippen LogP contribution is -2.30. The lowest BCUT2D eigenvalue weighted by molar-refractivity contribution is 0.0729. The van der Waals surface area contributed by atoms with E-state index in [1.165, 1.54) is 35.6 Å². The van der Waals surface area contributed by atoms with Crippen molar-refractivity contribution in [1.29, 1.82) is 0 Å². The normalized spacial score (nSPS) is 10.7. The summed E-state index contributed by atoms with van der Waals surface area (Å²) in [5.74, 6) is -1.28. The van der Waals surface area contributed by atoms with Crippen molar-refractivity contribution in [2.75, 3.05) is 0 Å². The number of nitrogens with zero attached hydrogens (tertiary/aromatic N) is 2. The van der Waals surface area contributed by atoms with E-state index in [1.807, 2.05) is 6.07 Å². The molecule has 2 amide bonds. The van der Waals surface area contributed by atoms with Gasteiger partial charge in [-0.2, -0.15) is 0 Å². The highest BCUT2D eigenvalue weighted by Gasteiger charge is 2.21. The Bertz CT molecular complexity index is 1330. The van der Waals surface area contributed by atoms with E-state index < -0.39 is 0 Å². The van der Waals surface area contributed by atoms with Gasteiger partial charge in [-0.1, -0.05) is 36.4 Å². The van der Waals surface area contributed by atoms with Gasteiger partial charge < -0.3 is 10.2 Å². The van der Waals surface area contributed by atoms with Gasteiger partial charge >= 0.3 is 0 Å². The Labute approximate surface area is 213 Å². The molecular formula is C26H20BrF2N3O2S. The molecule has 0 aliphatic carbocycles. The number of aromatic nitrogens is 1. The van der Waals surface area contributed by atoms with Gasteiger partial charge in [-0.15, -0.1) is 11.3 Å². The molecule has 1 aromatic heterocycles. The molecule has 0 aliphatic rings. The molecule has 0 saturated heterocycles. The summed E-state index contributed by atoms with van der Waals surface area (Å²) in [5.41, 5.74) is 2.26. The number of carbonyl (C=O) groups is 2. The summed E-state index contributed by atoms with van der Waals surface area (Å²) >= 11 is 4.70. The number of thiazole rings is 1. The molecule has 0 atom stereocenters. The van der Waals surface area contributed by atoms with Gasteiger partial charge in [0.05, 0.1) is 12.1 Å². The highest BCUT2D eigenvalue weighted by molar-refractivity contribution is 9.10. The van der Waals surface area contributed by atoms with Crippen LogP contribution in [0.1, 0.15) is 37.0 Å². The summed E-state index contributed by atoms with van der Waals surface area (Å²) in [6.07, 6.45) is 0. The Hall–Kier alpha value is -3.43. The van der Waals surface area contributed by atoms with Gasteiger partial charge in [0.1, 0.15) is 22.3 Å². The van der Waals surface area contributed by atoms with Crippen molar-refractivity contribution in [3.05, 3.63) is 122 Å². The van der Waals surface area contributed by atoms with E-state index in [0.717, 1.165) is 11.1 Å². The summed E-state index contributed by atoms with van der Waals surface area (Å²) < 4.78 is 27.1. The number of carbonyl (C=O) groups excluding carboxylic acids is 2. The Balaban J connectivity index is 1.49. The number of hydrogen-bond acceptors (Lipinski definition) is 4. The molecule has 4 aromatic rings. The molecule has 4 rings (SSSR count). The maximum atomic E-state index is 13.4. The van der Waals surface area contributed by atoms with Crippen LogP contribution in [0, 0.1) is 11.6 Å². The molecule has 1 N–H and O–H groups in total. The van der Waals surface area contributed by atoms with Crippen molar-refractivity contribution >= 4 is 39.1 Å². The number of benzene rings is 3. The zero-order valence-electron chi connectivity index (χ0n) is 18.4. The van der Waals surface area contributed by atoms with Crippen molar-refractivity contribution in [3.63, 3.8) is 0 Å². The van der Waals surface area contributed by atoms with E-state index in [4.69, 9.17) is 0 Å². The van der Waals surface area contributed by atoms with E-state index in [9.17, 15) is 18.4 Å². The number of halogens is 3. The molecule has 0 bridgehead atoms. The molecule has 5 nitrogen and oxygen atoms in total. The number of nitrogens with one attached hydrogen (secondary N) is 1. The molecule has 0 spiro atoms. The fourth-order valence-electron chi connectivity index (χ4n) is 3.34. The van der Waals surface area contributed by atoms with Crippen LogP contribution in [0.25, 0.3) is 0 Å². The van der Waals surface area contributed by atoms with E-state index in [-0.39, 0.29) is 48.8 Å². The van der Waals surface area contributed by atoms with Crippen LogP contribution in [0.4, 0.5) is 8.78 Å². The summed E-state index contributed by atoms with van der Waals surface area (Å²) in [6.45, 7) is 0.656. The smallest absolute Gasteiger partial charge is 0.271 e. The average molecular weight is 556 g/mol. The molecule has 3 aromatic carbocycles. The third kappa shape index (κ3) is 6.58. The fraction of sp³-hybridized carbons (Fsp3) is 0.115. The second-order valence-corrected chi connectivity index (χ2v) is 9.50. The van der Waals surface area contributed by atoms with E-state index in [0.29, 0.717) is 15.0 Å². The molecule has 9 heteroatoms. The van der Waals surface area contributed by atoms with Crippen LogP contribution >= 0.6 is 27.3 Å². The Morgan fingerprint density at radius 2 is 1.51 bits per heavy atom. The second-order valence-electron chi connectivity index (χ2n) is 7.70. The number of rotatable bonds is 8. The lowest BCUT2D eigenvalue weighted by atomic mass is 10.1. The van der Waals surface area contributed by atoms with Gasteiger partial charge in [0.2, 0.25) is 0 Å². The maximum Gasteiger partial charge on any atom is 0.271 e. The van der Waals surface area contributed by atoms with Crippen LogP contribution in [-0.2, 0) is 19.6 Å². The first-order chi connectivity index (χ1) is 16.9. The van der Waals surface area contributed by atoms with Crippen molar-refractivity contribution in [2.45, 2.75) is 19.6 Å². The predicted octanol–water partition coefficient (Wildman–Crippen LogP) is 5.96. The first-order valence-corrected chi connectivity index (χ1v) is 12.3. The van der Waals surface area contributed by atoms with Gasteiger partial charge in [0, 0.05) is 22.9 Å². The topological polar surface area (TPSA) is 62.3 Å². The third-order valence-corrected chi connectivity index (χ3v) is 6.68. The Morgan fingerprint density at radius 3 is 2.17 bits per heavy atom. The molecule has 0 fully saturated rings. The van der Waals surface area contributed by atoms with Crippen LogP contribution in [0.5, 0.6) is 0 Å². The van der Waals surface area contributed by atoms with Gasteiger partial charge in [-0.3, -0.25) is 9.59 Å². The highest BCUT2D eigenvalue weighted by Crippen LogP contribution is 2.22. The minimum absolute atomic E-state index is 0.174. The van der Waals surface area contributed by atoms with Crippen molar-refractivity contribution in [2.24, 2.45) is 0 Å². The zero-order valence-corrected chi connectivity index (χ0v) is 20.8. The molecule has 0 unspecified atom stereocenters.